The molecule has 8 heteroatoms. The van der Waals surface area contributed by atoms with E-state index in [1.54, 1.807) is 12.1 Å². The monoisotopic (exact) mass is 408 g/mol. The van der Waals surface area contributed by atoms with Gasteiger partial charge in [-0.15, -0.1) is 0 Å². The first-order valence-corrected chi connectivity index (χ1v) is 8.93. The van der Waals surface area contributed by atoms with E-state index in [4.69, 9.17) is 27.9 Å². The number of ether oxygens (including phenoxy) is 1. The zero-order valence-electron chi connectivity index (χ0n) is 14.8. The van der Waals surface area contributed by atoms with Crippen molar-refractivity contribution in [2.24, 2.45) is 0 Å². The molecular weight excluding hydrogens is 391 g/mol. The van der Waals surface area contributed by atoms with Gasteiger partial charge >= 0.3 is 5.97 Å². The van der Waals surface area contributed by atoms with E-state index < -0.39 is 18.0 Å². The van der Waals surface area contributed by atoms with Gasteiger partial charge in [-0.25, -0.2) is 4.98 Å². The fraction of sp³-hybridized carbons (Fsp3) is 0.263. The third kappa shape index (κ3) is 6.34. The second-order valence-electron chi connectivity index (χ2n) is 5.89. The molecule has 1 aromatic heterocycles. The van der Waals surface area contributed by atoms with Gasteiger partial charge in [0.25, 0.3) is 5.91 Å². The van der Waals surface area contributed by atoms with Crippen LogP contribution in [0.3, 0.4) is 0 Å². The van der Waals surface area contributed by atoms with E-state index in [1.807, 2.05) is 19.1 Å². The van der Waals surface area contributed by atoms with Crippen molar-refractivity contribution in [2.75, 3.05) is 5.32 Å². The number of esters is 1. The summed E-state index contributed by atoms with van der Waals surface area (Å²) in [5.74, 6) is -1.29. The number of hydrogen-bond donors (Lipinski definition) is 1. The van der Waals surface area contributed by atoms with Crippen LogP contribution >= 0.6 is 23.2 Å². The molecule has 0 fully saturated rings. The number of aromatic nitrogens is 1. The molecule has 1 atom stereocenters. The van der Waals surface area contributed by atoms with Gasteiger partial charge in [-0.05, 0) is 19.9 Å². The number of anilines is 1. The summed E-state index contributed by atoms with van der Waals surface area (Å²) in [5, 5.41) is 2.95. The third-order valence-electron chi connectivity index (χ3n) is 3.66. The summed E-state index contributed by atoms with van der Waals surface area (Å²) in [6.45, 7) is 3.34. The van der Waals surface area contributed by atoms with Crippen LogP contribution in [0.1, 0.15) is 35.7 Å². The minimum atomic E-state index is -1.07. The quantitative estimate of drug-likeness (QED) is 0.547. The molecule has 1 amide bonds. The maximum atomic E-state index is 12.1. The van der Waals surface area contributed by atoms with Crippen molar-refractivity contribution in [3.05, 3.63) is 57.7 Å². The van der Waals surface area contributed by atoms with Crippen LogP contribution in [-0.4, -0.2) is 28.7 Å². The van der Waals surface area contributed by atoms with Crippen molar-refractivity contribution >= 4 is 46.7 Å². The molecule has 0 aliphatic rings. The number of carbonyl (C=O) groups is 3. The number of pyridine rings is 1. The van der Waals surface area contributed by atoms with Gasteiger partial charge in [-0.3, -0.25) is 14.4 Å². The normalized spacial score (nSPS) is 11.6. The zero-order valence-corrected chi connectivity index (χ0v) is 16.3. The molecule has 0 saturated heterocycles. The number of nitrogens with one attached hydrogen (secondary N) is 1. The Bertz CT molecular complexity index is 853. The average molecular weight is 409 g/mol. The predicted octanol–water partition coefficient (Wildman–Crippen LogP) is 4.23. The van der Waals surface area contributed by atoms with Gasteiger partial charge in [0.15, 0.2) is 17.7 Å². The van der Waals surface area contributed by atoms with Crippen molar-refractivity contribution in [3.63, 3.8) is 0 Å². The molecule has 6 nitrogen and oxygen atoms in total. The predicted molar refractivity (Wildman–Crippen MR) is 103 cm³/mol. The van der Waals surface area contributed by atoms with Crippen molar-refractivity contribution in [1.82, 2.24) is 4.98 Å². The molecule has 2 rings (SSSR count). The van der Waals surface area contributed by atoms with Gasteiger partial charge in [0.2, 0.25) is 0 Å². The van der Waals surface area contributed by atoms with Gasteiger partial charge in [0.05, 0.1) is 16.5 Å². The summed E-state index contributed by atoms with van der Waals surface area (Å²) >= 11 is 11.7. The van der Waals surface area contributed by atoms with Crippen LogP contribution in [0.2, 0.25) is 10.0 Å². The van der Waals surface area contributed by atoms with Gasteiger partial charge < -0.3 is 10.1 Å². The fourth-order valence-electron chi connectivity index (χ4n) is 2.13. The van der Waals surface area contributed by atoms with E-state index in [1.165, 1.54) is 19.2 Å². The number of carbonyl (C=O) groups excluding carboxylic acids is 3. The van der Waals surface area contributed by atoms with Crippen molar-refractivity contribution < 1.29 is 19.1 Å². The van der Waals surface area contributed by atoms with Crippen molar-refractivity contribution in [3.8, 4) is 0 Å². The van der Waals surface area contributed by atoms with Crippen LogP contribution in [0.25, 0.3) is 0 Å². The van der Waals surface area contributed by atoms with Crippen LogP contribution in [0, 0.1) is 6.92 Å². The lowest BCUT2D eigenvalue weighted by atomic mass is 10.1. The average Bonchev–Trinajstić information content (AvgIpc) is 2.62. The number of amides is 1. The lowest BCUT2D eigenvalue weighted by Gasteiger charge is -2.13. The number of ketones is 1. The Kier molecular flexibility index (Phi) is 7.33. The van der Waals surface area contributed by atoms with Gasteiger partial charge in [0, 0.05) is 18.2 Å². The van der Waals surface area contributed by atoms with E-state index in [-0.39, 0.29) is 29.5 Å². The fourth-order valence-corrected chi connectivity index (χ4v) is 2.56. The minimum absolute atomic E-state index is 0.000795. The molecule has 1 heterocycles. The highest BCUT2D eigenvalue weighted by atomic mass is 35.5. The first-order chi connectivity index (χ1) is 12.8. The number of halogens is 2. The lowest BCUT2D eigenvalue weighted by molar-refractivity contribution is -0.153. The molecule has 0 radical (unpaired) electrons. The number of Topliss-reactive ketones (excluding diaryl/α,β-unsaturated/α-hetero) is 1. The number of hydrogen-bond acceptors (Lipinski definition) is 5. The number of aryl methyl sites for hydroxylation is 1. The van der Waals surface area contributed by atoms with Gasteiger partial charge in [-0.1, -0.05) is 53.0 Å². The highest BCUT2D eigenvalue weighted by molar-refractivity contribution is 6.36. The van der Waals surface area contributed by atoms with Crippen LogP contribution in [-0.2, 0) is 14.3 Å². The molecule has 0 aliphatic carbocycles. The Morgan fingerprint density at radius 3 is 2.44 bits per heavy atom. The molecule has 0 bridgehead atoms. The van der Waals surface area contributed by atoms with Crippen molar-refractivity contribution in [1.29, 1.82) is 0 Å². The zero-order chi connectivity index (χ0) is 20.0. The Labute approximate surface area is 166 Å². The van der Waals surface area contributed by atoms with Gasteiger partial charge in [-0.2, -0.15) is 0 Å². The standard InChI is InChI=1S/C19H18Cl2N2O4/c1-11-3-5-13(6-4-11)16(24)7-8-17(25)27-12(2)19(26)23-18-15(21)9-14(20)10-22-18/h3-6,9-10,12H,7-8H2,1-2H3,(H,22,23,26). The topological polar surface area (TPSA) is 85.4 Å². The molecule has 27 heavy (non-hydrogen) atoms. The number of benzene rings is 1. The van der Waals surface area contributed by atoms with Crippen molar-refractivity contribution in [2.45, 2.75) is 32.8 Å². The molecule has 0 saturated carbocycles. The molecule has 1 N–H and O–H groups in total. The van der Waals surface area contributed by atoms with Crippen LogP contribution in [0.5, 0.6) is 0 Å². The summed E-state index contributed by atoms with van der Waals surface area (Å²) in [4.78, 5) is 40.0. The maximum Gasteiger partial charge on any atom is 0.307 e. The van der Waals surface area contributed by atoms with Crippen LogP contribution in [0.15, 0.2) is 36.5 Å². The summed E-state index contributed by atoms with van der Waals surface area (Å²) in [6.07, 6.45) is 0.141. The van der Waals surface area contributed by atoms with Crippen LogP contribution < -0.4 is 5.32 Å². The smallest absolute Gasteiger partial charge is 0.307 e. The van der Waals surface area contributed by atoms with E-state index >= 15 is 0 Å². The van der Waals surface area contributed by atoms with E-state index in [0.717, 1.165) is 5.56 Å². The molecule has 1 aromatic carbocycles. The van der Waals surface area contributed by atoms with Gasteiger partial charge in [0.1, 0.15) is 0 Å². The summed E-state index contributed by atoms with van der Waals surface area (Å²) in [7, 11) is 0. The van der Waals surface area contributed by atoms with E-state index in [2.05, 4.69) is 10.3 Å². The molecular formula is C19H18Cl2N2O4. The number of rotatable bonds is 7. The largest absolute Gasteiger partial charge is 0.453 e. The second kappa shape index (κ2) is 9.48. The molecule has 0 aliphatic heterocycles. The minimum Gasteiger partial charge on any atom is -0.453 e. The highest BCUT2D eigenvalue weighted by Crippen LogP contribution is 2.22. The Morgan fingerprint density at radius 2 is 1.81 bits per heavy atom. The summed E-state index contributed by atoms with van der Waals surface area (Å²) < 4.78 is 5.05. The summed E-state index contributed by atoms with van der Waals surface area (Å²) in [5.41, 5.74) is 1.57. The molecule has 142 valence electrons. The lowest BCUT2D eigenvalue weighted by Crippen LogP contribution is -2.30. The second-order valence-corrected chi connectivity index (χ2v) is 6.74. The Hall–Kier alpha value is -2.44. The maximum absolute atomic E-state index is 12.1. The first kappa shape index (κ1) is 20.9. The Balaban J connectivity index is 1.82. The third-order valence-corrected chi connectivity index (χ3v) is 4.15. The SMILES string of the molecule is Cc1ccc(C(=O)CCC(=O)OC(C)C(=O)Nc2ncc(Cl)cc2Cl)cc1. The molecule has 0 spiro atoms. The van der Waals surface area contributed by atoms with E-state index in [0.29, 0.717) is 10.6 Å². The Morgan fingerprint density at radius 1 is 1.15 bits per heavy atom. The number of nitrogens with zero attached hydrogens (tertiary/aromatic N) is 1. The highest BCUT2D eigenvalue weighted by Gasteiger charge is 2.20. The van der Waals surface area contributed by atoms with Crippen LogP contribution in [0.4, 0.5) is 5.82 Å². The van der Waals surface area contributed by atoms with E-state index in [9.17, 15) is 14.4 Å². The summed E-state index contributed by atoms with van der Waals surface area (Å²) in [6, 6.07) is 8.50. The molecule has 1 unspecified atom stereocenters. The first-order valence-electron chi connectivity index (χ1n) is 8.17. The molecule has 2 aromatic rings.